The van der Waals surface area contributed by atoms with Crippen molar-refractivity contribution >= 4 is 17.5 Å². The van der Waals surface area contributed by atoms with E-state index in [-0.39, 0.29) is 5.91 Å². The van der Waals surface area contributed by atoms with E-state index in [2.05, 4.69) is 25.8 Å². The van der Waals surface area contributed by atoms with Crippen LogP contribution in [0.25, 0.3) is 11.4 Å². The molecule has 0 saturated carbocycles. The van der Waals surface area contributed by atoms with Crippen LogP contribution in [0.2, 0.25) is 5.02 Å². The molecule has 2 aromatic carbocycles. The van der Waals surface area contributed by atoms with Crippen molar-refractivity contribution < 1.29 is 4.79 Å². The third-order valence-electron chi connectivity index (χ3n) is 4.96. The van der Waals surface area contributed by atoms with Crippen molar-refractivity contribution in [2.75, 3.05) is 0 Å². The van der Waals surface area contributed by atoms with Crippen LogP contribution >= 0.6 is 11.6 Å². The Balaban J connectivity index is 1.44. The maximum atomic E-state index is 12.9. The molecule has 0 radical (unpaired) electrons. The summed E-state index contributed by atoms with van der Waals surface area (Å²) in [6.45, 7) is 2.97. The third-order valence-corrected chi connectivity index (χ3v) is 5.21. The molecule has 8 nitrogen and oxygen atoms in total. The van der Waals surface area contributed by atoms with Crippen LogP contribution in [0.3, 0.4) is 0 Å². The molecule has 0 saturated heterocycles. The second kappa shape index (κ2) is 9.53. The molecule has 1 N–H and O–H groups in total. The lowest BCUT2D eigenvalue weighted by atomic mass is 10.1. The highest BCUT2D eigenvalue weighted by Crippen LogP contribution is 2.19. The summed E-state index contributed by atoms with van der Waals surface area (Å²) in [5.41, 5.74) is 2.93. The van der Waals surface area contributed by atoms with Crippen molar-refractivity contribution in [3.63, 3.8) is 0 Å². The van der Waals surface area contributed by atoms with Crippen molar-refractivity contribution in [3.8, 4) is 11.4 Å². The van der Waals surface area contributed by atoms with E-state index in [1.165, 1.54) is 4.80 Å². The van der Waals surface area contributed by atoms with E-state index >= 15 is 0 Å². The van der Waals surface area contributed by atoms with Crippen molar-refractivity contribution in [2.45, 2.75) is 32.5 Å². The van der Waals surface area contributed by atoms with Crippen LogP contribution in [-0.4, -0.2) is 35.9 Å². The van der Waals surface area contributed by atoms with Gasteiger partial charge in [0.1, 0.15) is 0 Å². The van der Waals surface area contributed by atoms with Crippen molar-refractivity contribution in [2.24, 2.45) is 0 Å². The number of nitrogens with zero attached hydrogens (tertiary/aromatic N) is 6. The fraction of sp³-hybridized carbons (Fsp3) is 0.227. The molecule has 1 unspecified atom stereocenters. The molecule has 4 aromatic rings. The molecule has 2 heterocycles. The molecule has 1 amide bonds. The monoisotopic (exact) mass is 435 g/mol. The van der Waals surface area contributed by atoms with Crippen LogP contribution in [0.15, 0.2) is 67.0 Å². The molecule has 0 bridgehead atoms. The van der Waals surface area contributed by atoms with E-state index in [0.29, 0.717) is 30.4 Å². The van der Waals surface area contributed by atoms with Gasteiger partial charge in [0.2, 0.25) is 11.7 Å². The molecule has 1 atom stereocenters. The minimum absolute atomic E-state index is 0.156. The average molecular weight is 436 g/mol. The van der Waals surface area contributed by atoms with E-state index in [0.717, 1.165) is 16.7 Å². The smallest absolute Gasteiger partial charge is 0.247 e. The number of hydrogen-bond acceptors (Lipinski definition) is 5. The third kappa shape index (κ3) is 4.97. The van der Waals surface area contributed by atoms with Crippen LogP contribution in [0, 0.1) is 0 Å². The molecule has 31 heavy (non-hydrogen) atoms. The predicted octanol–water partition coefficient (Wildman–Crippen LogP) is 3.51. The first kappa shape index (κ1) is 20.7. The van der Waals surface area contributed by atoms with E-state index in [9.17, 15) is 4.79 Å². The van der Waals surface area contributed by atoms with Gasteiger partial charge in [-0.2, -0.15) is 9.90 Å². The van der Waals surface area contributed by atoms with E-state index in [1.807, 2.05) is 60.3 Å². The van der Waals surface area contributed by atoms with Crippen molar-refractivity contribution in [3.05, 3.63) is 83.1 Å². The summed E-state index contributed by atoms with van der Waals surface area (Å²) in [4.78, 5) is 14.3. The summed E-state index contributed by atoms with van der Waals surface area (Å²) in [5, 5.41) is 20.5. The maximum absolute atomic E-state index is 12.9. The number of benzene rings is 2. The second-order valence-electron chi connectivity index (χ2n) is 7.05. The highest BCUT2D eigenvalue weighted by atomic mass is 35.5. The summed E-state index contributed by atoms with van der Waals surface area (Å²) in [6, 6.07) is 16.5. The van der Waals surface area contributed by atoms with Gasteiger partial charge in [0.05, 0.1) is 6.54 Å². The Hall–Kier alpha value is -3.52. The molecule has 0 spiro atoms. The highest BCUT2D eigenvalue weighted by molar-refractivity contribution is 6.30. The Morgan fingerprint density at radius 2 is 1.87 bits per heavy atom. The number of rotatable bonds is 8. The zero-order valence-corrected chi connectivity index (χ0v) is 17.8. The van der Waals surface area contributed by atoms with Gasteiger partial charge >= 0.3 is 0 Å². The Bertz CT molecular complexity index is 1140. The number of tetrazole rings is 1. The van der Waals surface area contributed by atoms with E-state index < -0.39 is 6.04 Å². The first-order valence-electron chi connectivity index (χ1n) is 10.0. The summed E-state index contributed by atoms with van der Waals surface area (Å²) in [7, 11) is 0. The quantitative estimate of drug-likeness (QED) is 0.457. The van der Waals surface area contributed by atoms with Crippen LogP contribution in [-0.2, 0) is 17.9 Å². The van der Waals surface area contributed by atoms with Gasteiger partial charge < -0.3 is 5.32 Å². The fourth-order valence-electron chi connectivity index (χ4n) is 3.28. The SMILES string of the molecule is CCC(C(=O)NCc1ccccc1Cn1cccn1)n1nnc(-c2ccc(Cl)cc2)n1. The summed E-state index contributed by atoms with van der Waals surface area (Å²) in [5.74, 6) is 0.295. The number of aromatic nitrogens is 6. The lowest BCUT2D eigenvalue weighted by Crippen LogP contribution is -2.33. The van der Waals surface area contributed by atoms with E-state index in [1.54, 1.807) is 18.3 Å². The largest absolute Gasteiger partial charge is 0.350 e. The molecule has 2 aromatic heterocycles. The van der Waals surface area contributed by atoms with Crippen LogP contribution in [0.4, 0.5) is 0 Å². The molecule has 4 rings (SSSR count). The summed E-state index contributed by atoms with van der Waals surface area (Å²) in [6.07, 6.45) is 4.20. The lowest BCUT2D eigenvalue weighted by molar-refractivity contribution is -0.125. The first-order chi connectivity index (χ1) is 15.1. The van der Waals surface area contributed by atoms with Gasteiger partial charge in [-0.15, -0.1) is 10.2 Å². The van der Waals surface area contributed by atoms with Crippen molar-refractivity contribution in [1.29, 1.82) is 0 Å². The highest BCUT2D eigenvalue weighted by Gasteiger charge is 2.22. The van der Waals surface area contributed by atoms with Gasteiger partial charge in [-0.1, -0.05) is 42.8 Å². The van der Waals surface area contributed by atoms with Gasteiger partial charge in [0.25, 0.3) is 0 Å². The van der Waals surface area contributed by atoms with E-state index in [4.69, 9.17) is 11.6 Å². The normalized spacial score (nSPS) is 11.9. The second-order valence-corrected chi connectivity index (χ2v) is 7.49. The first-order valence-corrected chi connectivity index (χ1v) is 10.4. The van der Waals surface area contributed by atoms with Crippen LogP contribution in [0.5, 0.6) is 0 Å². The van der Waals surface area contributed by atoms with Gasteiger partial charge in [0.15, 0.2) is 6.04 Å². The minimum Gasteiger partial charge on any atom is -0.350 e. The summed E-state index contributed by atoms with van der Waals surface area (Å²) < 4.78 is 1.85. The molecule has 9 heteroatoms. The Kier molecular flexibility index (Phi) is 6.37. The number of nitrogens with one attached hydrogen (secondary N) is 1. The number of halogens is 1. The fourth-order valence-corrected chi connectivity index (χ4v) is 3.40. The summed E-state index contributed by atoms with van der Waals surface area (Å²) >= 11 is 5.94. The topological polar surface area (TPSA) is 90.5 Å². The molecule has 0 aliphatic heterocycles. The zero-order valence-electron chi connectivity index (χ0n) is 17.0. The Labute approximate surface area is 184 Å². The number of amides is 1. The van der Waals surface area contributed by atoms with Gasteiger partial charge in [-0.25, -0.2) is 0 Å². The minimum atomic E-state index is -0.549. The van der Waals surface area contributed by atoms with Gasteiger partial charge in [-0.3, -0.25) is 9.48 Å². The molecular weight excluding hydrogens is 414 g/mol. The number of hydrogen-bond donors (Lipinski definition) is 1. The Morgan fingerprint density at radius 3 is 2.58 bits per heavy atom. The molecule has 0 aliphatic carbocycles. The maximum Gasteiger partial charge on any atom is 0.247 e. The number of carbonyl (C=O) groups excluding carboxylic acids is 1. The molecule has 0 aliphatic rings. The standard InChI is InChI=1S/C22H22ClN7O/c1-2-20(30-27-21(26-28-30)16-8-10-19(23)11-9-16)22(31)24-14-17-6-3-4-7-18(17)15-29-13-5-12-25-29/h3-13,20H,2,14-15H2,1H3,(H,24,31). The molecule has 0 fully saturated rings. The predicted molar refractivity (Wildman–Crippen MR) is 117 cm³/mol. The van der Waals surface area contributed by atoms with Crippen molar-refractivity contribution in [1.82, 2.24) is 35.3 Å². The average Bonchev–Trinajstić information content (AvgIpc) is 3.47. The lowest BCUT2D eigenvalue weighted by Gasteiger charge is -2.15. The Morgan fingerprint density at radius 1 is 1.10 bits per heavy atom. The number of carbonyl (C=O) groups is 1. The zero-order chi connectivity index (χ0) is 21.6. The van der Waals surface area contributed by atoms with Gasteiger partial charge in [-0.05, 0) is 53.1 Å². The van der Waals surface area contributed by atoms with Crippen LogP contribution < -0.4 is 5.32 Å². The van der Waals surface area contributed by atoms with Gasteiger partial charge in [0, 0.05) is 29.5 Å². The molecular formula is C22H22ClN7O. The van der Waals surface area contributed by atoms with Crippen LogP contribution in [0.1, 0.15) is 30.5 Å². The molecule has 158 valence electrons.